The summed E-state index contributed by atoms with van der Waals surface area (Å²) in [5, 5.41) is 8.94. The van der Waals surface area contributed by atoms with Crippen molar-refractivity contribution in [3.8, 4) is 0 Å². The summed E-state index contributed by atoms with van der Waals surface area (Å²) in [4.78, 5) is 24.7. The summed E-state index contributed by atoms with van der Waals surface area (Å²) in [6.07, 6.45) is 1.57. The summed E-state index contributed by atoms with van der Waals surface area (Å²) >= 11 is 0. The molecule has 1 aliphatic rings. The third-order valence-corrected chi connectivity index (χ3v) is 3.47. The van der Waals surface area contributed by atoms with Crippen LogP contribution in [0.25, 0.3) is 0 Å². The van der Waals surface area contributed by atoms with Crippen molar-refractivity contribution in [3.05, 3.63) is 0 Å². The number of piperidine rings is 1. The quantitative estimate of drug-likeness (QED) is 0.759. The number of carboxylic acid groups (broad SMARTS) is 1. The minimum Gasteiger partial charge on any atom is -0.481 e. The molecule has 3 unspecified atom stereocenters. The van der Waals surface area contributed by atoms with Gasteiger partial charge in [-0.3, -0.25) is 9.59 Å². The molecule has 3 N–H and O–H groups in total. The van der Waals surface area contributed by atoms with E-state index in [-0.39, 0.29) is 23.8 Å². The number of rotatable bonds is 4. The van der Waals surface area contributed by atoms with Crippen LogP contribution < -0.4 is 5.73 Å². The van der Waals surface area contributed by atoms with Crippen molar-refractivity contribution in [1.82, 2.24) is 4.90 Å². The maximum absolute atomic E-state index is 12.0. The number of carbonyl (C=O) groups is 2. The first-order chi connectivity index (χ1) is 7.95. The molecule has 5 nitrogen and oxygen atoms in total. The summed E-state index contributed by atoms with van der Waals surface area (Å²) in [7, 11) is 0. The zero-order valence-electron chi connectivity index (χ0n) is 10.6. The van der Waals surface area contributed by atoms with Crippen LogP contribution in [-0.4, -0.2) is 41.0 Å². The molecule has 98 valence electrons. The predicted octanol–water partition coefficient (Wildman–Crippen LogP) is 0.683. The zero-order valence-corrected chi connectivity index (χ0v) is 10.6. The van der Waals surface area contributed by atoms with E-state index in [1.165, 1.54) is 0 Å². The van der Waals surface area contributed by atoms with Gasteiger partial charge in [-0.15, -0.1) is 0 Å². The molecule has 17 heavy (non-hydrogen) atoms. The van der Waals surface area contributed by atoms with Crippen LogP contribution in [0.15, 0.2) is 0 Å². The molecule has 0 radical (unpaired) electrons. The van der Waals surface area contributed by atoms with Gasteiger partial charge in [0.1, 0.15) is 0 Å². The van der Waals surface area contributed by atoms with E-state index >= 15 is 0 Å². The van der Waals surface area contributed by atoms with Gasteiger partial charge in [0.15, 0.2) is 0 Å². The summed E-state index contributed by atoms with van der Waals surface area (Å²) in [6.45, 7) is 4.92. The second-order valence-electron chi connectivity index (χ2n) is 5.04. The lowest BCUT2D eigenvalue weighted by Crippen LogP contribution is -2.46. The fourth-order valence-electron chi connectivity index (χ4n) is 2.27. The number of nitrogens with two attached hydrogens (primary N) is 1. The number of carboxylic acids is 1. The average molecular weight is 242 g/mol. The maximum Gasteiger partial charge on any atom is 0.306 e. The van der Waals surface area contributed by atoms with Crippen molar-refractivity contribution in [2.24, 2.45) is 17.6 Å². The Labute approximate surface area is 102 Å². The monoisotopic (exact) mass is 242 g/mol. The molecule has 1 amide bonds. The topological polar surface area (TPSA) is 83.6 Å². The van der Waals surface area contributed by atoms with Gasteiger partial charge in [0.2, 0.25) is 5.91 Å². The fraction of sp³-hybridized carbons (Fsp3) is 0.833. The Kier molecular flexibility index (Phi) is 4.93. The van der Waals surface area contributed by atoms with Gasteiger partial charge < -0.3 is 15.7 Å². The number of aliphatic carboxylic acids is 1. The molecule has 1 saturated heterocycles. The Morgan fingerprint density at radius 1 is 1.53 bits per heavy atom. The summed E-state index contributed by atoms with van der Waals surface area (Å²) in [6, 6.07) is 0.0160. The normalized spacial score (nSPS) is 26.6. The van der Waals surface area contributed by atoms with Crippen molar-refractivity contribution in [2.75, 3.05) is 13.1 Å². The molecule has 1 aliphatic heterocycles. The highest BCUT2D eigenvalue weighted by Crippen LogP contribution is 2.24. The first kappa shape index (κ1) is 14.0. The average Bonchev–Trinajstić information content (AvgIpc) is 2.28. The van der Waals surface area contributed by atoms with E-state index in [2.05, 4.69) is 0 Å². The van der Waals surface area contributed by atoms with E-state index in [0.29, 0.717) is 32.4 Å². The van der Waals surface area contributed by atoms with Gasteiger partial charge in [-0.25, -0.2) is 0 Å². The smallest absolute Gasteiger partial charge is 0.306 e. The highest BCUT2D eigenvalue weighted by Gasteiger charge is 2.32. The van der Waals surface area contributed by atoms with Crippen LogP contribution >= 0.6 is 0 Å². The minimum atomic E-state index is -0.751. The van der Waals surface area contributed by atoms with Crippen molar-refractivity contribution < 1.29 is 14.7 Å². The highest BCUT2D eigenvalue weighted by atomic mass is 16.4. The molecule has 3 atom stereocenters. The molecule has 0 saturated carbocycles. The molecule has 0 aromatic heterocycles. The van der Waals surface area contributed by atoms with E-state index in [1.807, 2.05) is 13.8 Å². The van der Waals surface area contributed by atoms with E-state index in [1.54, 1.807) is 4.90 Å². The van der Waals surface area contributed by atoms with Crippen LogP contribution in [0, 0.1) is 11.8 Å². The number of hydrogen-bond donors (Lipinski definition) is 2. The van der Waals surface area contributed by atoms with Gasteiger partial charge in [-0.1, -0.05) is 6.92 Å². The third-order valence-electron chi connectivity index (χ3n) is 3.47. The van der Waals surface area contributed by atoms with Crippen LogP contribution in [0.2, 0.25) is 0 Å². The van der Waals surface area contributed by atoms with Gasteiger partial charge in [-0.05, 0) is 32.2 Å². The predicted molar refractivity (Wildman–Crippen MR) is 64.4 cm³/mol. The van der Waals surface area contributed by atoms with Crippen molar-refractivity contribution in [3.63, 3.8) is 0 Å². The maximum atomic E-state index is 12.0. The van der Waals surface area contributed by atoms with Gasteiger partial charge in [0, 0.05) is 19.0 Å². The second-order valence-corrected chi connectivity index (χ2v) is 5.04. The van der Waals surface area contributed by atoms with Crippen LogP contribution in [0.1, 0.15) is 33.1 Å². The molecule has 0 bridgehead atoms. The van der Waals surface area contributed by atoms with Crippen LogP contribution in [-0.2, 0) is 9.59 Å². The SMILES string of the molecule is CC(CN)CC(=O)N1CCC(C(=O)O)CC1C. The molecule has 0 aromatic rings. The van der Waals surface area contributed by atoms with Crippen molar-refractivity contribution in [2.45, 2.75) is 39.2 Å². The zero-order chi connectivity index (χ0) is 13.0. The van der Waals surface area contributed by atoms with Crippen LogP contribution in [0.4, 0.5) is 0 Å². The Hall–Kier alpha value is -1.10. The molecular weight excluding hydrogens is 220 g/mol. The first-order valence-corrected chi connectivity index (χ1v) is 6.18. The summed E-state index contributed by atoms with van der Waals surface area (Å²) in [5.74, 6) is -0.772. The van der Waals surface area contributed by atoms with Crippen LogP contribution in [0.3, 0.4) is 0 Å². The van der Waals surface area contributed by atoms with Gasteiger partial charge in [-0.2, -0.15) is 0 Å². The van der Waals surface area contributed by atoms with Crippen LogP contribution in [0.5, 0.6) is 0 Å². The lowest BCUT2D eigenvalue weighted by Gasteiger charge is -2.36. The highest BCUT2D eigenvalue weighted by molar-refractivity contribution is 5.77. The number of likely N-dealkylation sites (tertiary alicyclic amines) is 1. The molecule has 0 aromatic carbocycles. The summed E-state index contributed by atoms with van der Waals surface area (Å²) in [5.41, 5.74) is 5.50. The van der Waals surface area contributed by atoms with Crippen molar-refractivity contribution >= 4 is 11.9 Å². The molecule has 1 heterocycles. The standard InChI is InChI=1S/C12H22N2O3/c1-8(7-13)5-11(15)14-4-3-10(12(16)17)6-9(14)2/h8-10H,3-7,13H2,1-2H3,(H,16,17). The summed E-state index contributed by atoms with van der Waals surface area (Å²) < 4.78 is 0. The molecule has 1 rings (SSSR count). The van der Waals surface area contributed by atoms with Crippen molar-refractivity contribution in [1.29, 1.82) is 0 Å². The largest absolute Gasteiger partial charge is 0.481 e. The second kappa shape index (κ2) is 6.00. The Bertz CT molecular complexity index is 293. The van der Waals surface area contributed by atoms with E-state index in [0.717, 1.165) is 0 Å². The molecule has 1 fully saturated rings. The number of nitrogens with zero attached hydrogens (tertiary/aromatic N) is 1. The van der Waals surface area contributed by atoms with Gasteiger partial charge >= 0.3 is 5.97 Å². The Morgan fingerprint density at radius 3 is 2.65 bits per heavy atom. The number of amides is 1. The lowest BCUT2D eigenvalue weighted by atomic mass is 9.91. The van der Waals surface area contributed by atoms with Gasteiger partial charge in [0.05, 0.1) is 5.92 Å². The fourth-order valence-corrected chi connectivity index (χ4v) is 2.27. The first-order valence-electron chi connectivity index (χ1n) is 6.18. The lowest BCUT2D eigenvalue weighted by molar-refractivity contribution is -0.147. The molecule has 0 spiro atoms. The molecule has 5 heteroatoms. The minimum absolute atomic E-state index is 0.0160. The van der Waals surface area contributed by atoms with E-state index in [9.17, 15) is 9.59 Å². The molecule has 0 aliphatic carbocycles. The molecular formula is C12H22N2O3. The van der Waals surface area contributed by atoms with E-state index in [4.69, 9.17) is 10.8 Å². The van der Waals surface area contributed by atoms with Gasteiger partial charge in [0.25, 0.3) is 0 Å². The number of carbonyl (C=O) groups excluding carboxylic acids is 1. The van der Waals surface area contributed by atoms with E-state index < -0.39 is 5.97 Å². The number of hydrogen-bond acceptors (Lipinski definition) is 3. The Balaban J connectivity index is 2.51. The third kappa shape index (κ3) is 3.70. The Morgan fingerprint density at radius 2 is 2.18 bits per heavy atom.